The maximum Gasteiger partial charge on any atom is 0.225 e. The Morgan fingerprint density at radius 3 is 2.22 bits per heavy atom. The van der Waals surface area contributed by atoms with Crippen LogP contribution in [0.3, 0.4) is 0 Å². The number of nitrogens with zero attached hydrogens (tertiary/aromatic N) is 3. The average Bonchev–Trinajstić information content (AvgIpc) is 2.31. The lowest BCUT2D eigenvalue weighted by Gasteiger charge is -2.24. The third-order valence-electron chi connectivity index (χ3n) is 2.79. The molecule has 0 aliphatic rings. The van der Waals surface area contributed by atoms with Crippen LogP contribution < -0.4 is 10.2 Å². The second kappa shape index (κ2) is 7.31. The Kier molecular flexibility index (Phi) is 6.05. The highest BCUT2D eigenvalue weighted by atomic mass is 15.3. The molecule has 0 aliphatic carbocycles. The van der Waals surface area contributed by atoms with E-state index in [1.54, 1.807) is 0 Å². The molecule has 1 rings (SSSR count). The molecule has 0 bridgehead atoms. The smallest absolute Gasteiger partial charge is 0.225 e. The summed E-state index contributed by atoms with van der Waals surface area (Å²) in [7, 11) is 0. The summed E-state index contributed by atoms with van der Waals surface area (Å²) in [6.45, 7) is 13.6. The lowest BCUT2D eigenvalue weighted by atomic mass is 10.2. The van der Waals surface area contributed by atoms with E-state index in [2.05, 4.69) is 54.8 Å². The van der Waals surface area contributed by atoms with Crippen LogP contribution in [0.4, 0.5) is 5.95 Å². The number of rotatable bonds is 7. The van der Waals surface area contributed by atoms with Crippen molar-refractivity contribution >= 4 is 5.95 Å². The Morgan fingerprint density at radius 1 is 1.17 bits per heavy atom. The molecular formula is C14H26N4. The Hall–Kier alpha value is -1.16. The van der Waals surface area contributed by atoms with Gasteiger partial charge in [0.25, 0.3) is 0 Å². The average molecular weight is 250 g/mol. The van der Waals surface area contributed by atoms with Crippen molar-refractivity contribution in [1.29, 1.82) is 0 Å². The van der Waals surface area contributed by atoms with Gasteiger partial charge in [0.05, 0.1) is 0 Å². The quantitative estimate of drug-likeness (QED) is 0.807. The normalized spacial score (nSPS) is 11.3. The Labute approximate surface area is 111 Å². The summed E-state index contributed by atoms with van der Waals surface area (Å²) < 4.78 is 0. The summed E-state index contributed by atoms with van der Waals surface area (Å²) in [5.74, 6) is 1.49. The van der Waals surface area contributed by atoms with Gasteiger partial charge in [-0.1, -0.05) is 13.8 Å². The van der Waals surface area contributed by atoms with Crippen LogP contribution in [0.2, 0.25) is 0 Å². The van der Waals surface area contributed by atoms with E-state index >= 15 is 0 Å². The second-order valence-electron chi connectivity index (χ2n) is 5.30. The van der Waals surface area contributed by atoms with Crippen molar-refractivity contribution in [3.8, 4) is 0 Å². The predicted molar refractivity (Wildman–Crippen MR) is 76.7 cm³/mol. The van der Waals surface area contributed by atoms with E-state index in [0.29, 0.717) is 12.0 Å². The van der Waals surface area contributed by atoms with Crippen molar-refractivity contribution in [2.24, 2.45) is 5.92 Å². The van der Waals surface area contributed by atoms with Crippen LogP contribution in [0.15, 0.2) is 12.4 Å². The van der Waals surface area contributed by atoms with Gasteiger partial charge in [-0.15, -0.1) is 0 Å². The highest BCUT2D eigenvalue weighted by Gasteiger charge is 2.10. The highest BCUT2D eigenvalue weighted by molar-refractivity contribution is 5.30. The van der Waals surface area contributed by atoms with Crippen molar-refractivity contribution in [2.45, 2.75) is 47.2 Å². The Balaban J connectivity index is 2.56. The van der Waals surface area contributed by atoms with Gasteiger partial charge in [-0.25, -0.2) is 9.97 Å². The lowest BCUT2D eigenvalue weighted by Crippen LogP contribution is -2.32. The minimum absolute atomic E-state index is 0.430. The molecule has 0 fully saturated rings. The SMILES string of the molecule is CCN(c1ncc(CNCC(C)C)cn1)C(C)C. The molecule has 0 radical (unpaired) electrons. The van der Waals surface area contributed by atoms with Crippen LogP contribution >= 0.6 is 0 Å². The van der Waals surface area contributed by atoms with Crippen molar-refractivity contribution in [3.63, 3.8) is 0 Å². The Bertz CT molecular complexity index is 332. The van der Waals surface area contributed by atoms with Crippen LogP contribution in [0.1, 0.15) is 40.2 Å². The molecule has 4 heteroatoms. The molecule has 0 aliphatic heterocycles. The number of aromatic nitrogens is 2. The van der Waals surface area contributed by atoms with Crippen LogP contribution in [0.5, 0.6) is 0 Å². The molecule has 0 spiro atoms. The molecule has 1 heterocycles. The van der Waals surface area contributed by atoms with Crippen LogP contribution in [0.25, 0.3) is 0 Å². The number of hydrogen-bond donors (Lipinski definition) is 1. The molecule has 0 saturated heterocycles. The van der Waals surface area contributed by atoms with Gasteiger partial charge < -0.3 is 10.2 Å². The molecule has 102 valence electrons. The predicted octanol–water partition coefficient (Wildman–Crippen LogP) is 2.46. The van der Waals surface area contributed by atoms with Crippen LogP contribution in [0, 0.1) is 5.92 Å². The van der Waals surface area contributed by atoms with Crippen LogP contribution in [-0.4, -0.2) is 29.1 Å². The summed E-state index contributed by atoms with van der Waals surface area (Å²) in [6.07, 6.45) is 3.83. The summed E-state index contributed by atoms with van der Waals surface area (Å²) >= 11 is 0. The topological polar surface area (TPSA) is 41.1 Å². The minimum Gasteiger partial charge on any atom is -0.339 e. The summed E-state index contributed by atoms with van der Waals surface area (Å²) in [4.78, 5) is 11.1. The van der Waals surface area contributed by atoms with Crippen molar-refractivity contribution in [2.75, 3.05) is 18.0 Å². The van der Waals surface area contributed by atoms with Gasteiger partial charge in [0.15, 0.2) is 0 Å². The molecular weight excluding hydrogens is 224 g/mol. The first kappa shape index (κ1) is 14.9. The number of anilines is 1. The molecule has 1 N–H and O–H groups in total. The third kappa shape index (κ3) is 4.61. The Morgan fingerprint density at radius 2 is 1.78 bits per heavy atom. The van der Waals surface area contributed by atoms with E-state index in [-0.39, 0.29) is 0 Å². The van der Waals surface area contributed by atoms with E-state index in [0.717, 1.165) is 31.1 Å². The molecule has 1 aromatic rings. The van der Waals surface area contributed by atoms with Crippen molar-refractivity contribution in [1.82, 2.24) is 15.3 Å². The number of nitrogens with one attached hydrogen (secondary N) is 1. The van der Waals surface area contributed by atoms with Gasteiger partial charge in [0.2, 0.25) is 5.95 Å². The van der Waals surface area contributed by atoms with E-state index in [1.807, 2.05) is 12.4 Å². The first-order valence-electron chi connectivity index (χ1n) is 6.82. The highest BCUT2D eigenvalue weighted by Crippen LogP contribution is 2.10. The molecule has 4 nitrogen and oxygen atoms in total. The fourth-order valence-electron chi connectivity index (χ4n) is 1.83. The minimum atomic E-state index is 0.430. The van der Waals surface area contributed by atoms with Crippen LogP contribution in [-0.2, 0) is 6.54 Å². The third-order valence-corrected chi connectivity index (χ3v) is 2.79. The van der Waals surface area contributed by atoms with Gasteiger partial charge in [-0.3, -0.25) is 0 Å². The number of hydrogen-bond acceptors (Lipinski definition) is 4. The summed E-state index contributed by atoms with van der Waals surface area (Å²) in [5, 5.41) is 3.39. The first-order chi connectivity index (χ1) is 8.54. The molecule has 0 atom stereocenters. The molecule has 0 unspecified atom stereocenters. The molecule has 0 amide bonds. The van der Waals surface area contributed by atoms with Crippen molar-refractivity contribution in [3.05, 3.63) is 18.0 Å². The maximum absolute atomic E-state index is 4.44. The largest absolute Gasteiger partial charge is 0.339 e. The monoisotopic (exact) mass is 250 g/mol. The van der Waals surface area contributed by atoms with E-state index in [4.69, 9.17) is 0 Å². The van der Waals surface area contributed by atoms with Gasteiger partial charge >= 0.3 is 0 Å². The zero-order valence-corrected chi connectivity index (χ0v) is 12.3. The molecule has 0 saturated carbocycles. The van der Waals surface area contributed by atoms with Crippen molar-refractivity contribution < 1.29 is 0 Å². The molecule has 1 aromatic heterocycles. The summed E-state index contributed by atoms with van der Waals surface area (Å²) in [6, 6.07) is 0.430. The maximum atomic E-state index is 4.44. The fourth-order valence-corrected chi connectivity index (χ4v) is 1.83. The van der Waals surface area contributed by atoms with Gasteiger partial charge in [-0.05, 0) is 33.2 Å². The van der Waals surface area contributed by atoms with E-state index in [9.17, 15) is 0 Å². The standard InChI is InChI=1S/C14H26N4/c1-6-18(12(4)5)14-16-9-13(10-17-14)8-15-7-11(2)3/h9-12,15H,6-8H2,1-5H3. The zero-order valence-electron chi connectivity index (χ0n) is 12.3. The molecule has 18 heavy (non-hydrogen) atoms. The fraction of sp³-hybridized carbons (Fsp3) is 0.714. The first-order valence-corrected chi connectivity index (χ1v) is 6.82. The van der Waals surface area contributed by atoms with E-state index < -0.39 is 0 Å². The zero-order chi connectivity index (χ0) is 13.5. The lowest BCUT2D eigenvalue weighted by molar-refractivity contribution is 0.551. The second-order valence-corrected chi connectivity index (χ2v) is 5.30. The summed E-state index contributed by atoms with van der Waals surface area (Å²) in [5.41, 5.74) is 1.14. The van der Waals surface area contributed by atoms with E-state index in [1.165, 1.54) is 0 Å². The molecule has 0 aromatic carbocycles. The van der Waals surface area contributed by atoms with Gasteiger partial charge in [0.1, 0.15) is 0 Å². The van der Waals surface area contributed by atoms with Gasteiger partial charge in [-0.2, -0.15) is 0 Å². The van der Waals surface area contributed by atoms with Gasteiger partial charge in [0, 0.05) is 37.1 Å².